The molecule has 1 aromatic heterocycles. The zero-order valence-corrected chi connectivity index (χ0v) is 11.2. The lowest BCUT2D eigenvalue weighted by atomic mass is 9.97. The quantitative estimate of drug-likeness (QED) is 0.622. The Labute approximate surface area is 103 Å². The van der Waals surface area contributed by atoms with Crippen LogP contribution in [-0.4, -0.2) is 9.91 Å². The van der Waals surface area contributed by atoms with Gasteiger partial charge in [0.15, 0.2) is 0 Å². The van der Waals surface area contributed by atoms with Crippen molar-refractivity contribution < 1.29 is 4.92 Å². The summed E-state index contributed by atoms with van der Waals surface area (Å²) in [5.41, 5.74) is 1.65. The van der Waals surface area contributed by atoms with Crippen LogP contribution in [0.3, 0.4) is 0 Å². The van der Waals surface area contributed by atoms with Crippen molar-refractivity contribution in [3.63, 3.8) is 0 Å². The molecule has 0 aromatic carbocycles. The first-order chi connectivity index (χ1) is 7.52. The molecule has 5 heteroatoms. The fourth-order valence-corrected chi connectivity index (χ4v) is 2.36. The Morgan fingerprint density at radius 3 is 2.50 bits per heavy atom. The summed E-state index contributed by atoms with van der Waals surface area (Å²) < 4.78 is 0.774. The Hall–Kier alpha value is -0.970. The predicted octanol–water partition coefficient (Wildman–Crippen LogP) is 3.96. The Bertz CT molecular complexity index is 403. The van der Waals surface area contributed by atoms with Gasteiger partial charge in [-0.2, -0.15) is 0 Å². The molecule has 0 aliphatic carbocycles. The summed E-state index contributed by atoms with van der Waals surface area (Å²) in [5, 5.41) is 10.7. The van der Waals surface area contributed by atoms with E-state index in [1.54, 1.807) is 6.92 Å². The van der Waals surface area contributed by atoms with Gasteiger partial charge in [-0.25, -0.2) is 0 Å². The largest absolute Gasteiger partial charge is 0.291 e. The van der Waals surface area contributed by atoms with Crippen LogP contribution in [0.5, 0.6) is 0 Å². The minimum Gasteiger partial charge on any atom is -0.258 e. The van der Waals surface area contributed by atoms with E-state index in [0.717, 1.165) is 23.0 Å². The molecule has 4 nitrogen and oxygen atoms in total. The molecule has 88 valence electrons. The third-order valence-corrected chi connectivity index (χ3v) is 3.83. The van der Waals surface area contributed by atoms with Gasteiger partial charge in [0.1, 0.15) is 6.20 Å². The highest BCUT2D eigenvalue weighted by molar-refractivity contribution is 9.10. The van der Waals surface area contributed by atoms with Crippen molar-refractivity contribution >= 4 is 21.6 Å². The molecule has 0 aliphatic heterocycles. The molecule has 0 atom stereocenters. The van der Waals surface area contributed by atoms with Crippen LogP contribution in [0.4, 0.5) is 5.69 Å². The number of hydrogen-bond acceptors (Lipinski definition) is 3. The first-order valence-corrected chi connectivity index (χ1v) is 6.11. The molecular weight excluding hydrogens is 272 g/mol. The molecule has 1 aromatic rings. The maximum absolute atomic E-state index is 10.7. The van der Waals surface area contributed by atoms with Gasteiger partial charge < -0.3 is 0 Å². The van der Waals surface area contributed by atoms with Crippen LogP contribution in [0.15, 0.2) is 10.7 Å². The van der Waals surface area contributed by atoms with E-state index in [2.05, 4.69) is 34.8 Å². The topological polar surface area (TPSA) is 56.0 Å². The van der Waals surface area contributed by atoms with Crippen molar-refractivity contribution in [2.45, 2.75) is 39.5 Å². The van der Waals surface area contributed by atoms with Gasteiger partial charge in [-0.3, -0.25) is 15.1 Å². The number of nitrogens with zero attached hydrogens (tertiary/aromatic N) is 2. The lowest BCUT2D eigenvalue weighted by Crippen LogP contribution is -2.04. The number of nitro groups is 1. The van der Waals surface area contributed by atoms with Gasteiger partial charge in [0.05, 0.1) is 10.6 Å². The third kappa shape index (κ3) is 2.40. The van der Waals surface area contributed by atoms with E-state index in [1.165, 1.54) is 6.20 Å². The summed E-state index contributed by atoms with van der Waals surface area (Å²) in [6, 6.07) is 0. The maximum Gasteiger partial charge on any atom is 0.291 e. The van der Waals surface area contributed by atoms with Crippen molar-refractivity contribution in [2.24, 2.45) is 0 Å². The number of aromatic nitrogens is 1. The van der Waals surface area contributed by atoms with Gasteiger partial charge >= 0.3 is 0 Å². The molecule has 0 radical (unpaired) electrons. The van der Waals surface area contributed by atoms with Gasteiger partial charge in [0.2, 0.25) is 0 Å². The van der Waals surface area contributed by atoms with Crippen molar-refractivity contribution in [2.75, 3.05) is 0 Å². The van der Waals surface area contributed by atoms with E-state index in [4.69, 9.17) is 0 Å². The molecular formula is C11H15BrN2O2. The van der Waals surface area contributed by atoms with Gasteiger partial charge in [-0.1, -0.05) is 13.8 Å². The molecule has 0 spiro atoms. The first kappa shape index (κ1) is 13.1. The molecule has 0 bridgehead atoms. The first-order valence-electron chi connectivity index (χ1n) is 5.32. The summed E-state index contributed by atoms with van der Waals surface area (Å²) in [4.78, 5) is 14.6. The highest BCUT2D eigenvalue weighted by atomic mass is 79.9. The molecule has 0 saturated carbocycles. The molecule has 0 saturated heterocycles. The number of pyridine rings is 1. The third-order valence-electron chi connectivity index (χ3n) is 2.83. The second-order valence-electron chi connectivity index (χ2n) is 3.74. The van der Waals surface area contributed by atoms with Gasteiger partial charge in [-0.15, -0.1) is 0 Å². The van der Waals surface area contributed by atoms with Crippen molar-refractivity contribution in [1.29, 1.82) is 0 Å². The Kier molecular flexibility index (Phi) is 4.41. The molecule has 0 unspecified atom stereocenters. The molecule has 1 heterocycles. The van der Waals surface area contributed by atoms with E-state index in [-0.39, 0.29) is 5.69 Å². The normalized spacial score (nSPS) is 10.8. The van der Waals surface area contributed by atoms with Gasteiger partial charge in [0.25, 0.3) is 5.69 Å². The monoisotopic (exact) mass is 286 g/mol. The second-order valence-corrected chi connectivity index (χ2v) is 4.53. The van der Waals surface area contributed by atoms with E-state index in [0.29, 0.717) is 11.5 Å². The van der Waals surface area contributed by atoms with Crippen LogP contribution in [0.1, 0.15) is 43.9 Å². The highest BCUT2D eigenvalue weighted by Crippen LogP contribution is 2.33. The fourth-order valence-electron chi connectivity index (χ4n) is 1.73. The van der Waals surface area contributed by atoms with Crippen LogP contribution in [-0.2, 0) is 0 Å². The van der Waals surface area contributed by atoms with Crippen LogP contribution >= 0.6 is 15.9 Å². The Morgan fingerprint density at radius 2 is 2.06 bits per heavy atom. The van der Waals surface area contributed by atoms with Gasteiger partial charge in [-0.05, 0) is 35.7 Å². The maximum atomic E-state index is 10.7. The lowest BCUT2D eigenvalue weighted by molar-refractivity contribution is -0.385. The molecule has 0 N–H and O–H groups in total. The van der Waals surface area contributed by atoms with Crippen LogP contribution in [0.2, 0.25) is 0 Å². The van der Waals surface area contributed by atoms with E-state index >= 15 is 0 Å². The zero-order valence-electron chi connectivity index (χ0n) is 9.66. The van der Waals surface area contributed by atoms with E-state index in [9.17, 15) is 10.1 Å². The smallest absolute Gasteiger partial charge is 0.258 e. The second kappa shape index (κ2) is 5.39. The predicted molar refractivity (Wildman–Crippen MR) is 66.7 cm³/mol. The average molecular weight is 287 g/mol. The lowest BCUT2D eigenvalue weighted by Gasteiger charge is -2.14. The van der Waals surface area contributed by atoms with Crippen LogP contribution in [0, 0.1) is 17.0 Å². The molecule has 0 fully saturated rings. The summed E-state index contributed by atoms with van der Waals surface area (Å²) in [6.45, 7) is 5.94. The summed E-state index contributed by atoms with van der Waals surface area (Å²) in [5.74, 6) is 0.355. The number of hydrogen-bond donors (Lipinski definition) is 0. The summed E-state index contributed by atoms with van der Waals surface area (Å²) in [7, 11) is 0. The summed E-state index contributed by atoms with van der Waals surface area (Å²) >= 11 is 3.41. The van der Waals surface area contributed by atoms with Crippen LogP contribution in [0.25, 0.3) is 0 Å². The zero-order chi connectivity index (χ0) is 12.3. The standard InChI is InChI=1S/C11H15BrN2O2/c1-4-8(5-2)11-10(12)7(3)9(6-13-11)14(15)16/h6,8H,4-5H2,1-3H3. The van der Waals surface area contributed by atoms with Crippen molar-refractivity contribution in [3.8, 4) is 0 Å². The molecule has 16 heavy (non-hydrogen) atoms. The summed E-state index contributed by atoms with van der Waals surface area (Å²) in [6.07, 6.45) is 3.33. The Morgan fingerprint density at radius 1 is 1.50 bits per heavy atom. The SMILES string of the molecule is CCC(CC)c1ncc([N+](=O)[O-])c(C)c1Br. The van der Waals surface area contributed by atoms with Crippen molar-refractivity contribution in [1.82, 2.24) is 4.98 Å². The minimum atomic E-state index is -0.399. The van der Waals surface area contributed by atoms with E-state index in [1.807, 2.05) is 0 Å². The fraction of sp³-hybridized carbons (Fsp3) is 0.545. The highest BCUT2D eigenvalue weighted by Gasteiger charge is 2.20. The number of rotatable bonds is 4. The minimum absolute atomic E-state index is 0.0709. The number of halogens is 1. The van der Waals surface area contributed by atoms with Crippen molar-refractivity contribution in [3.05, 3.63) is 32.0 Å². The Balaban J connectivity index is 3.26. The average Bonchev–Trinajstić information content (AvgIpc) is 2.25. The molecule has 0 amide bonds. The van der Waals surface area contributed by atoms with E-state index < -0.39 is 4.92 Å². The van der Waals surface area contributed by atoms with Gasteiger partial charge in [0, 0.05) is 16.0 Å². The molecule has 1 rings (SSSR count). The molecule has 0 aliphatic rings. The van der Waals surface area contributed by atoms with Crippen LogP contribution < -0.4 is 0 Å².